The molecule has 162 valence electrons. The SMILES string of the molecule is O=C(CSc1nc(-c2ccco2)nc2ccccc12)N1CCN(c2ccccc2F)CC1. The zero-order valence-electron chi connectivity index (χ0n) is 17.3. The van der Waals surface area contributed by atoms with Gasteiger partial charge in [-0.25, -0.2) is 14.4 Å². The second kappa shape index (κ2) is 9.00. The molecule has 0 atom stereocenters. The predicted molar refractivity (Wildman–Crippen MR) is 123 cm³/mol. The lowest BCUT2D eigenvalue weighted by Gasteiger charge is -2.36. The summed E-state index contributed by atoms with van der Waals surface area (Å²) in [6.45, 7) is 2.35. The topological polar surface area (TPSA) is 62.5 Å². The normalized spacial score (nSPS) is 14.2. The molecule has 0 bridgehead atoms. The van der Waals surface area contributed by atoms with Gasteiger partial charge in [0.05, 0.1) is 23.2 Å². The van der Waals surface area contributed by atoms with Gasteiger partial charge in [-0.1, -0.05) is 42.1 Å². The van der Waals surface area contributed by atoms with Gasteiger partial charge in [-0.2, -0.15) is 0 Å². The van der Waals surface area contributed by atoms with Crippen molar-refractivity contribution in [1.29, 1.82) is 0 Å². The van der Waals surface area contributed by atoms with Crippen molar-refractivity contribution in [3.63, 3.8) is 0 Å². The monoisotopic (exact) mass is 448 g/mol. The number of furan rings is 1. The van der Waals surface area contributed by atoms with Crippen LogP contribution in [0.1, 0.15) is 0 Å². The Morgan fingerprint density at radius 3 is 2.53 bits per heavy atom. The van der Waals surface area contributed by atoms with E-state index in [1.807, 2.05) is 46.2 Å². The first-order valence-electron chi connectivity index (χ1n) is 10.4. The summed E-state index contributed by atoms with van der Waals surface area (Å²) >= 11 is 1.41. The first-order chi connectivity index (χ1) is 15.7. The van der Waals surface area contributed by atoms with Gasteiger partial charge < -0.3 is 14.2 Å². The number of thioether (sulfide) groups is 1. The van der Waals surface area contributed by atoms with E-state index in [9.17, 15) is 9.18 Å². The van der Waals surface area contributed by atoms with E-state index in [2.05, 4.69) is 9.97 Å². The Morgan fingerprint density at radius 2 is 1.75 bits per heavy atom. The minimum absolute atomic E-state index is 0.0467. The average Bonchev–Trinajstić information content (AvgIpc) is 3.38. The highest BCUT2D eigenvalue weighted by Crippen LogP contribution is 2.29. The fourth-order valence-corrected chi connectivity index (χ4v) is 4.72. The van der Waals surface area contributed by atoms with Crippen molar-refractivity contribution < 1.29 is 13.6 Å². The van der Waals surface area contributed by atoms with Gasteiger partial charge in [0.2, 0.25) is 5.91 Å². The van der Waals surface area contributed by atoms with Gasteiger partial charge in [0.15, 0.2) is 11.6 Å². The Hall–Kier alpha value is -3.39. The molecule has 0 radical (unpaired) electrons. The van der Waals surface area contributed by atoms with E-state index in [0.29, 0.717) is 43.5 Å². The summed E-state index contributed by atoms with van der Waals surface area (Å²) in [4.78, 5) is 26.0. The Kier molecular flexibility index (Phi) is 5.77. The molecule has 8 heteroatoms. The zero-order chi connectivity index (χ0) is 21.9. The lowest BCUT2D eigenvalue weighted by atomic mass is 10.2. The van der Waals surface area contributed by atoms with E-state index in [1.54, 1.807) is 24.5 Å². The summed E-state index contributed by atoms with van der Waals surface area (Å²) in [5.41, 5.74) is 1.40. The summed E-state index contributed by atoms with van der Waals surface area (Å²) in [6, 6.07) is 18.1. The molecule has 1 amide bonds. The van der Waals surface area contributed by atoms with Crippen molar-refractivity contribution in [3.05, 3.63) is 72.7 Å². The van der Waals surface area contributed by atoms with Gasteiger partial charge >= 0.3 is 0 Å². The number of nitrogens with zero attached hydrogens (tertiary/aromatic N) is 4. The molecular weight excluding hydrogens is 427 g/mol. The van der Waals surface area contributed by atoms with Crippen LogP contribution in [0, 0.1) is 5.82 Å². The fraction of sp³-hybridized carbons (Fsp3) is 0.208. The van der Waals surface area contributed by atoms with E-state index < -0.39 is 0 Å². The molecule has 0 unspecified atom stereocenters. The largest absolute Gasteiger partial charge is 0.461 e. The minimum Gasteiger partial charge on any atom is -0.461 e. The van der Waals surface area contributed by atoms with E-state index in [0.717, 1.165) is 15.9 Å². The lowest BCUT2D eigenvalue weighted by Crippen LogP contribution is -2.49. The highest BCUT2D eigenvalue weighted by Gasteiger charge is 2.23. The number of hydrogen-bond donors (Lipinski definition) is 0. The first kappa shape index (κ1) is 20.5. The third-order valence-corrected chi connectivity index (χ3v) is 6.44. The number of benzene rings is 2. The van der Waals surface area contributed by atoms with Gasteiger partial charge in [-0.05, 0) is 30.3 Å². The predicted octanol–water partition coefficient (Wildman–Crippen LogP) is 4.47. The van der Waals surface area contributed by atoms with E-state index >= 15 is 0 Å². The number of para-hydroxylation sites is 2. The van der Waals surface area contributed by atoms with Crippen molar-refractivity contribution >= 4 is 34.3 Å². The number of anilines is 1. The molecule has 4 aromatic rings. The van der Waals surface area contributed by atoms with Crippen LogP contribution in [0.25, 0.3) is 22.5 Å². The summed E-state index contributed by atoms with van der Waals surface area (Å²) in [5.74, 6) is 1.18. The molecular formula is C24H21FN4O2S. The lowest BCUT2D eigenvalue weighted by molar-refractivity contribution is -0.128. The molecule has 1 aliphatic heterocycles. The van der Waals surface area contributed by atoms with Crippen molar-refractivity contribution in [2.24, 2.45) is 0 Å². The molecule has 3 heterocycles. The molecule has 32 heavy (non-hydrogen) atoms. The molecule has 0 saturated carbocycles. The molecule has 5 rings (SSSR count). The number of halogens is 1. The number of fused-ring (bicyclic) bond motifs is 1. The highest BCUT2D eigenvalue weighted by atomic mass is 32.2. The molecule has 0 N–H and O–H groups in total. The van der Waals surface area contributed by atoms with Gasteiger partial charge in [0.1, 0.15) is 10.8 Å². The van der Waals surface area contributed by atoms with Crippen molar-refractivity contribution in [1.82, 2.24) is 14.9 Å². The van der Waals surface area contributed by atoms with Gasteiger partial charge in [-0.3, -0.25) is 4.79 Å². The third kappa shape index (κ3) is 4.18. The van der Waals surface area contributed by atoms with Crippen LogP contribution < -0.4 is 4.90 Å². The molecule has 1 saturated heterocycles. The van der Waals surface area contributed by atoms with Crippen LogP contribution in [-0.4, -0.2) is 52.7 Å². The van der Waals surface area contributed by atoms with Crippen LogP contribution in [0.2, 0.25) is 0 Å². The Balaban J connectivity index is 1.27. The summed E-state index contributed by atoms with van der Waals surface area (Å²) in [7, 11) is 0. The Bertz CT molecular complexity index is 1240. The van der Waals surface area contributed by atoms with Crippen molar-refractivity contribution in [2.75, 3.05) is 36.8 Å². The number of rotatable bonds is 5. The second-order valence-electron chi connectivity index (χ2n) is 7.45. The molecule has 0 spiro atoms. The van der Waals surface area contributed by atoms with Crippen LogP contribution in [0.4, 0.5) is 10.1 Å². The maximum Gasteiger partial charge on any atom is 0.233 e. The molecule has 2 aromatic heterocycles. The minimum atomic E-state index is -0.231. The van der Waals surface area contributed by atoms with E-state index in [-0.39, 0.29) is 17.5 Å². The van der Waals surface area contributed by atoms with Gasteiger partial charge in [0, 0.05) is 31.6 Å². The zero-order valence-corrected chi connectivity index (χ0v) is 18.1. The molecule has 1 aliphatic rings. The maximum absolute atomic E-state index is 14.1. The van der Waals surface area contributed by atoms with Gasteiger partial charge in [-0.15, -0.1) is 0 Å². The van der Waals surface area contributed by atoms with Crippen molar-refractivity contribution in [2.45, 2.75) is 5.03 Å². The maximum atomic E-state index is 14.1. The number of aromatic nitrogens is 2. The van der Waals surface area contributed by atoms with E-state index in [4.69, 9.17) is 4.42 Å². The number of carbonyl (C=O) groups is 1. The summed E-state index contributed by atoms with van der Waals surface area (Å²) in [5, 5.41) is 1.66. The van der Waals surface area contributed by atoms with Crippen LogP contribution in [0.5, 0.6) is 0 Å². The number of amides is 1. The number of hydrogen-bond acceptors (Lipinski definition) is 6. The second-order valence-corrected chi connectivity index (χ2v) is 8.42. The molecule has 2 aromatic carbocycles. The van der Waals surface area contributed by atoms with Crippen LogP contribution >= 0.6 is 11.8 Å². The number of carbonyl (C=O) groups excluding carboxylic acids is 1. The Labute approximate surface area is 189 Å². The van der Waals surface area contributed by atoms with Crippen LogP contribution in [-0.2, 0) is 4.79 Å². The highest BCUT2D eigenvalue weighted by molar-refractivity contribution is 8.00. The van der Waals surface area contributed by atoms with Crippen molar-refractivity contribution in [3.8, 4) is 11.6 Å². The Morgan fingerprint density at radius 1 is 0.969 bits per heavy atom. The van der Waals surface area contributed by atoms with Crippen LogP contribution in [0.15, 0.2) is 76.4 Å². The first-order valence-corrected chi connectivity index (χ1v) is 11.4. The quantitative estimate of drug-likeness (QED) is 0.332. The standard InChI is InChI=1S/C24H21FN4O2S/c25-18-7-2-4-9-20(18)28-11-13-29(14-12-28)22(30)16-32-24-17-6-1-3-8-19(17)26-23(27-24)21-10-5-15-31-21/h1-10,15H,11-14,16H2. The molecule has 1 fully saturated rings. The summed E-state index contributed by atoms with van der Waals surface area (Å²) in [6.07, 6.45) is 1.59. The molecule has 0 aliphatic carbocycles. The number of piperazine rings is 1. The summed E-state index contributed by atoms with van der Waals surface area (Å²) < 4.78 is 19.5. The smallest absolute Gasteiger partial charge is 0.233 e. The molecule has 6 nitrogen and oxygen atoms in total. The van der Waals surface area contributed by atoms with Crippen LogP contribution in [0.3, 0.4) is 0 Å². The fourth-order valence-electron chi connectivity index (χ4n) is 3.80. The third-order valence-electron chi connectivity index (χ3n) is 5.47. The van der Waals surface area contributed by atoms with E-state index in [1.165, 1.54) is 17.8 Å². The average molecular weight is 449 g/mol. The van der Waals surface area contributed by atoms with Gasteiger partial charge in [0.25, 0.3) is 0 Å².